The van der Waals surface area contributed by atoms with Crippen LogP contribution in [0.4, 0.5) is 13.2 Å². The van der Waals surface area contributed by atoms with E-state index in [4.69, 9.17) is 0 Å². The molecule has 6 heteroatoms. The van der Waals surface area contributed by atoms with Crippen LogP contribution in [0.2, 0.25) is 0 Å². The largest absolute Gasteiger partial charge is 0.409 e. The summed E-state index contributed by atoms with van der Waals surface area (Å²) in [4.78, 5) is 15.0. The summed E-state index contributed by atoms with van der Waals surface area (Å²) >= 11 is 0. The Morgan fingerprint density at radius 1 is 1.50 bits per heavy atom. The second-order valence-electron chi connectivity index (χ2n) is 1.89. The van der Waals surface area contributed by atoms with Crippen molar-refractivity contribution in [3.8, 4) is 0 Å². The maximum absolute atomic E-state index is 11.5. The number of alkyl halides is 3. The van der Waals surface area contributed by atoms with E-state index in [2.05, 4.69) is 4.84 Å². The summed E-state index contributed by atoms with van der Waals surface area (Å²) in [6.07, 6.45) is -4.22. The first kappa shape index (κ1) is 11.0. The summed E-state index contributed by atoms with van der Waals surface area (Å²) in [5.74, 6) is -0.866. The SMILES string of the molecule is CON(C)C(=O)/C=C/C(F)(F)F. The molecule has 0 atom stereocenters. The number of likely N-dealkylation sites (N-methyl/N-ethyl adjacent to an activating group) is 1. The maximum atomic E-state index is 11.5. The van der Waals surface area contributed by atoms with Gasteiger partial charge in [-0.1, -0.05) is 0 Å². The van der Waals surface area contributed by atoms with Crippen molar-refractivity contribution in [1.29, 1.82) is 0 Å². The molecule has 0 aliphatic heterocycles. The zero-order chi connectivity index (χ0) is 9.78. The molecule has 0 rings (SSSR count). The van der Waals surface area contributed by atoms with Gasteiger partial charge in [0, 0.05) is 19.2 Å². The molecule has 70 valence electrons. The molecule has 0 aromatic carbocycles. The van der Waals surface area contributed by atoms with Crippen molar-refractivity contribution in [1.82, 2.24) is 5.06 Å². The first-order valence-electron chi connectivity index (χ1n) is 2.94. The number of nitrogens with zero attached hydrogens (tertiary/aromatic N) is 1. The minimum Gasteiger partial charge on any atom is -0.274 e. The lowest BCUT2D eigenvalue weighted by Crippen LogP contribution is -2.23. The van der Waals surface area contributed by atoms with Gasteiger partial charge in [-0.15, -0.1) is 0 Å². The Kier molecular flexibility index (Phi) is 3.75. The van der Waals surface area contributed by atoms with Crippen LogP contribution in [0.5, 0.6) is 0 Å². The van der Waals surface area contributed by atoms with Crippen LogP contribution in [0.25, 0.3) is 0 Å². The monoisotopic (exact) mass is 183 g/mol. The first-order valence-corrected chi connectivity index (χ1v) is 2.94. The van der Waals surface area contributed by atoms with Gasteiger partial charge in [-0.3, -0.25) is 9.63 Å². The Hall–Kier alpha value is -1.04. The number of amides is 1. The summed E-state index contributed by atoms with van der Waals surface area (Å²) in [6.45, 7) is 0. The van der Waals surface area contributed by atoms with Crippen LogP contribution in [0.3, 0.4) is 0 Å². The summed E-state index contributed by atoms with van der Waals surface area (Å²) < 4.78 is 34.5. The lowest BCUT2D eigenvalue weighted by molar-refractivity contribution is -0.163. The van der Waals surface area contributed by atoms with Gasteiger partial charge in [-0.05, 0) is 0 Å². The number of allylic oxidation sites excluding steroid dienone is 1. The van der Waals surface area contributed by atoms with Gasteiger partial charge in [0.2, 0.25) is 0 Å². The second-order valence-corrected chi connectivity index (χ2v) is 1.89. The number of hydroxylamine groups is 2. The van der Waals surface area contributed by atoms with Gasteiger partial charge in [-0.2, -0.15) is 13.2 Å². The topological polar surface area (TPSA) is 29.5 Å². The van der Waals surface area contributed by atoms with E-state index in [1.54, 1.807) is 0 Å². The van der Waals surface area contributed by atoms with Gasteiger partial charge >= 0.3 is 6.18 Å². The highest BCUT2D eigenvalue weighted by molar-refractivity contribution is 5.86. The number of carbonyl (C=O) groups is 1. The Balaban J connectivity index is 4.09. The number of rotatable bonds is 2. The highest BCUT2D eigenvalue weighted by Gasteiger charge is 2.22. The van der Waals surface area contributed by atoms with E-state index in [0.717, 1.165) is 0 Å². The maximum Gasteiger partial charge on any atom is 0.409 e. The number of halogens is 3. The van der Waals surface area contributed by atoms with Gasteiger partial charge in [0.25, 0.3) is 5.91 Å². The summed E-state index contributed by atoms with van der Waals surface area (Å²) in [5, 5.41) is 0.683. The third-order valence-corrected chi connectivity index (χ3v) is 0.999. The molecule has 0 aromatic rings. The van der Waals surface area contributed by atoms with Gasteiger partial charge in [-0.25, -0.2) is 5.06 Å². The molecule has 0 aliphatic carbocycles. The van der Waals surface area contributed by atoms with Crippen molar-refractivity contribution in [2.24, 2.45) is 0 Å². The molecule has 1 amide bonds. The van der Waals surface area contributed by atoms with E-state index in [1.165, 1.54) is 14.2 Å². The van der Waals surface area contributed by atoms with E-state index in [1.807, 2.05) is 0 Å². The number of hydrogen-bond acceptors (Lipinski definition) is 2. The molecule has 0 saturated carbocycles. The molecule has 0 N–H and O–H groups in total. The molecule has 0 fully saturated rings. The molecule has 0 unspecified atom stereocenters. The Bertz CT molecular complexity index is 188. The van der Waals surface area contributed by atoms with E-state index in [-0.39, 0.29) is 6.08 Å². The van der Waals surface area contributed by atoms with Crippen LogP contribution >= 0.6 is 0 Å². The molecule has 12 heavy (non-hydrogen) atoms. The Morgan fingerprint density at radius 2 is 2.00 bits per heavy atom. The third-order valence-electron chi connectivity index (χ3n) is 0.999. The molecule has 0 saturated heterocycles. The molecular formula is C6H8F3NO2. The van der Waals surface area contributed by atoms with Gasteiger partial charge in [0.05, 0.1) is 7.11 Å². The fourth-order valence-electron chi connectivity index (χ4n) is 0.361. The molecule has 3 nitrogen and oxygen atoms in total. The van der Waals surface area contributed by atoms with Crippen molar-refractivity contribution in [3.05, 3.63) is 12.2 Å². The minimum atomic E-state index is -4.47. The molecule has 0 aromatic heterocycles. The Labute approximate surface area is 67.4 Å². The Morgan fingerprint density at radius 3 is 2.33 bits per heavy atom. The predicted octanol–water partition coefficient (Wildman–Crippen LogP) is 1.12. The zero-order valence-corrected chi connectivity index (χ0v) is 6.55. The van der Waals surface area contributed by atoms with Crippen LogP contribution in [-0.4, -0.2) is 31.3 Å². The van der Waals surface area contributed by atoms with Crippen molar-refractivity contribution in [3.63, 3.8) is 0 Å². The molecule has 0 heterocycles. The van der Waals surface area contributed by atoms with E-state index < -0.39 is 12.1 Å². The molecule has 0 aliphatic rings. The first-order chi connectivity index (χ1) is 5.37. The molecular weight excluding hydrogens is 175 g/mol. The van der Waals surface area contributed by atoms with E-state index in [0.29, 0.717) is 11.1 Å². The van der Waals surface area contributed by atoms with Gasteiger partial charge < -0.3 is 0 Å². The minimum absolute atomic E-state index is 0.148. The van der Waals surface area contributed by atoms with Crippen molar-refractivity contribution >= 4 is 5.91 Å². The van der Waals surface area contributed by atoms with Crippen LogP contribution in [0, 0.1) is 0 Å². The lowest BCUT2D eigenvalue weighted by Gasteiger charge is -2.10. The fraction of sp³-hybridized carbons (Fsp3) is 0.500. The summed E-state index contributed by atoms with van der Waals surface area (Å²) in [7, 11) is 2.39. The molecule has 0 bridgehead atoms. The molecule has 0 spiro atoms. The summed E-state index contributed by atoms with van der Waals surface area (Å²) in [6, 6.07) is 0. The average molecular weight is 183 g/mol. The second kappa shape index (κ2) is 4.10. The highest BCUT2D eigenvalue weighted by atomic mass is 19.4. The number of carbonyl (C=O) groups excluding carboxylic acids is 1. The third kappa shape index (κ3) is 4.73. The van der Waals surface area contributed by atoms with Crippen molar-refractivity contribution in [2.45, 2.75) is 6.18 Å². The molecule has 0 radical (unpaired) electrons. The van der Waals surface area contributed by atoms with Gasteiger partial charge in [0.15, 0.2) is 0 Å². The van der Waals surface area contributed by atoms with Crippen LogP contribution in [0.1, 0.15) is 0 Å². The van der Waals surface area contributed by atoms with E-state index >= 15 is 0 Å². The number of hydrogen-bond donors (Lipinski definition) is 0. The predicted molar refractivity (Wildman–Crippen MR) is 35.0 cm³/mol. The highest BCUT2D eigenvalue weighted by Crippen LogP contribution is 2.15. The van der Waals surface area contributed by atoms with Crippen LogP contribution in [-0.2, 0) is 9.63 Å². The average Bonchev–Trinajstić information content (AvgIpc) is 1.97. The van der Waals surface area contributed by atoms with Gasteiger partial charge in [0.1, 0.15) is 0 Å². The fourth-order valence-corrected chi connectivity index (χ4v) is 0.361. The normalized spacial score (nSPS) is 12.1. The quantitative estimate of drug-likeness (QED) is 0.474. The lowest BCUT2D eigenvalue weighted by atomic mass is 10.4. The smallest absolute Gasteiger partial charge is 0.274 e. The van der Waals surface area contributed by atoms with Crippen molar-refractivity contribution < 1.29 is 22.8 Å². The standard InChI is InChI=1S/C6H8F3NO2/c1-10(12-2)5(11)3-4-6(7,8)9/h3-4H,1-2H3/b4-3+. The van der Waals surface area contributed by atoms with Crippen LogP contribution in [0.15, 0.2) is 12.2 Å². The van der Waals surface area contributed by atoms with Crippen LogP contribution < -0.4 is 0 Å². The van der Waals surface area contributed by atoms with E-state index in [9.17, 15) is 18.0 Å². The summed E-state index contributed by atoms with van der Waals surface area (Å²) in [5.41, 5.74) is 0. The zero-order valence-electron chi connectivity index (χ0n) is 6.55. The van der Waals surface area contributed by atoms with Crippen molar-refractivity contribution in [2.75, 3.05) is 14.2 Å².